The summed E-state index contributed by atoms with van der Waals surface area (Å²) in [5.41, 5.74) is 0.815. The average molecular weight is 245 g/mol. The van der Waals surface area contributed by atoms with Crippen LogP contribution in [0.25, 0.3) is 11.0 Å². The first-order chi connectivity index (χ1) is 8.74. The minimum Gasteiger partial charge on any atom is -0.463 e. The lowest BCUT2D eigenvalue weighted by molar-refractivity contribution is 0.0642. The number of aliphatic hydroxyl groups is 1. The van der Waals surface area contributed by atoms with Crippen molar-refractivity contribution < 1.29 is 14.3 Å². The largest absolute Gasteiger partial charge is 0.463 e. The molecule has 0 atom stereocenters. The minimum atomic E-state index is -0.421. The second-order valence-electron chi connectivity index (χ2n) is 4.89. The third-order valence-electron chi connectivity index (χ3n) is 3.72. The Balaban J connectivity index is 1.88. The summed E-state index contributed by atoms with van der Waals surface area (Å²) in [6.07, 6.45) is 4.20. The van der Waals surface area contributed by atoms with Gasteiger partial charge in [0.1, 0.15) is 11.8 Å². The van der Waals surface area contributed by atoms with Crippen LogP contribution in [0.1, 0.15) is 29.6 Å². The van der Waals surface area contributed by atoms with Crippen molar-refractivity contribution in [2.75, 3.05) is 6.61 Å². The van der Waals surface area contributed by atoms with Crippen LogP contribution in [0.3, 0.4) is 0 Å². The lowest BCUT2D eigenvalue weighted by atomic mass is 9.77. The Morgan fingerprint density at radius 1 is 1.39 bits per heavy atom. The molecule has 3 rings (SSSR count). The molecule has 0 bridgehead atoms. The third kappa shape index (κ3) is 1.69. The highest BCUT2D eigenvalue weighted by molar-refractivity contribution is 6.06. The van der Waals surface area contributed by atoms with Gasteiger partial charge in [-0.1, -0.05) is 18.2 Å². The van der Waals surface area contributed by atoms with Gasteiger partial charge < -0.3 is 14.8 Å². The lowest BCUT2D eigenvalue weighted by Gasteiger charge is -2.40. The van der Waals surface area contributed by atoms with Crippen molar-refractivity contribution in [2.45, 2.75) is 24.8 Å². The van der Waals surface area contributed by atoms with Crippen molar-refractivity contribution in [3.8, 4) is 0 Å². The van der Waals surface area contributed by atoms with E-state index >= 15 is 0 Å². The Labute approximate surface area is 105 Å². The molecule has 1 saturated carbocycles. The van der Waals surface area contributed by atoms with Gasteiger partial charge in [-0.3, -0.25) is 4.79 Å². The lowest BCUT2D eigenvalue weighted by Crippen LogP contribution is -2.56. The molecule has 0 spiro atoms. The van der Waals surface area contributed by atoms with Crippen molar-refractivity contribution in [3.05, 3.63) is 36.1 Å². The Kier molecular flexibility index (Phi) is 2.59. The van der Waals surface area contributed by atoms with Crippen LogP contribution in [0, 0.1) is 0 Å². The van der Waals surface area contributed by atoms with Gasteiger partial charge >= 0.3 is 0 Å². The summed E-state index contributed by atoms with van der Waals surface area (Å²) in [6.45, 7) is -0.00543. The number of hydrogen-bond donors (Lipinski definition) is 2. The second-order valence-corrected chi connectivity index (χ2v) is 4.89. The number of furan rings is 1. The molecule has 0 radical (unpaired) electrons. The van der Waals surface area contributed by atoms with E-state index in [0.29, 0.717) is 11.1 Å². The Hall–Kier alpha value is -1.81. The molecular weight excluding hydrogens is 230 g/mol. The number of benzene rings is 1. The molecule has 94 valence electrons. The fourth-order valence-corrected chi connectivity index (χ4v) is 2.39. The molecule has 0 unspecified atom stereocenters. The number of amides is 1. The van der Waals surface area contributed by atoms with Crippen molar-refractivity contribution >= 4 is 16.9 Å². The maximum absolute atomic E-state index is 12.2. The van der Waals surface area contributed by atoms with Crippen LogP contribution in [0.2, 0.25) is 0 Å². The van der Waals surface area contributed by atoms with E-state index in [9.17, 15) is 9.90 Å². The predicted octanol–water partition coefficient (Wildman–Crippen LogP) is 2.08. The van der Waals surface area contributed by atoms with Gasteiger partial charge in [0, 0.05) is 5.39 Å². The summed E-state index contributed by atoms with van der Waals surface area (Å²) >= 11 is 0. The van der Waals surface area contributed by atoms with Crippen LogP contribution in [0.15, 0.2) is 34.9 Å². The van der Waals surface area contributed by atoms with E-state index < -0.39 is 5.54 Å². The first-order valence-corrected chi connectivity index (χ1v) is 6.14. The first kappa shape index (κ1) is 11.3. The topological polar surface area (TPSA) is 62.5 Å². The average Bonchev–Trinajstić information content (AvgIpc) is 2.77. The number of carbonyl (C=O) groups excluding carboxylic acids is 1. The highest BCUT2D eigenvalue weighted by Gasteiger charge is 2.38. The minimum absolute atomic E-state index is 0.00543. The van der Waals surface area contributed by atoms with Crippen LogP contribution in [0.5, 0.6) is 0 Å². The summed E-state index contributed by atoms with van der Waals surface area (Å²) < 4.78 is 5.35. The number of nitrogens with one attached hydrogen (secondary N) is 1. The fourth-order valence-electron chi connectivity index (χ4n) is 2.39. The smallest absolute Gasteiger partial charge is 0.255 e. The van der Waals surface area contributed by atoms with Crippen molar-refractivity contribution in [1.82, 2.24) is 5.32 Å². The zero-order valence-electron chi connectivity index (χ0n) is 9.98. The van der Waals surface area contributed by atoms with Gasteiger partial charge in [-0.25, -0.2) is 0 Å². The molecule has 1 aliphatic rings. The van der Waals surface area contributed by atoms with Gasteiger partial charge in [0.05, 0.1) is 17.7 Å². The van der Waals surface area contributed by atoms with Gasteiger partial charge in [0.2, 0.25) is 0 Å². The summed E-state index contributed by atoms with van der Waals surface area (Å²) in [5.74, 6) is -0.172. The van der Waals surface area contributed by atoms with E-state index in [1.165, 1.54) is 6.26 Å². The van der Waals surface area contributed by atoms with Crippen molar-refractivity contribution in [1.29, 1.82) is 0 Å². The van der Waals surface area contributed by atoms with Gasteiger partial charge in [-0.2, -0.15) is 0 Å². The predicted molar refractivity (Wildman–Crippen MR) is 67.3 cm³/mol. The molecule has 2 aromatic rings. The molecule has 18 heavy (non-hydrogen) atoms. The van der Waals surface area contributed by atoms with Crippen LogP contribution in [-0.4, -0.2) is 23.2 Å². The third-order valence-corrected chi connectivity index (χ3v) is 3.72. The highest BCUT2D eigenvalue weighted by atomic mass is 16.3. The summed E-state index contributed by atoms with van der Waals surface area (Å²) in [4.78, 5) is 12.2. The summed E-state index contributed by atoms with van der Waals surface area (Å²) in [6, 6.07) is 7.44. The van der Waals surface area contributed by atoms with E-state index in [-0.39, 0.29) is 12.5 Å². The van der Waals surface area contributed by atoms with Crippen LogP contribution < -0.4 is 5.32 Å². The second kappa shape index (κ2) is 4.14. The Morgan fingerprint density at radius 3 is 2.83 bits per heavy atom. The van der Waals surface area contributed by atoms with Gasteiger partial charge in [0.15, 0.2) is 0 Å². The van der Waals surface area contributed by atoms with E-state index in [2.05, 4.69) is 5.32 Å². The number of fused-ring (bicyclic) bond motifs is 1. The molecule has 1 aromatic heterocycles. The van der Waals surface area contributed by atoms with Crippen LogP contribution in [0.4, 0.5) is 0 Å². The molecule has 1 amide bonds. The zero-order valence-corrected chi connectivity index (χ0v) is 9.98. The number of aliphatic hydroxyl groups excluding tert-OH is 1. The monoisotopic (exact) mass is 245 g/mol. The number of para-hydroxylation sites is 1. The van der Waals surface area contributed by atoms with Crippen LogP contribution in [-0.2, 0) is 0 Å². The number of hydrogen-bond acceptors (Lipinski definition) is 3. The summed E-state index contributed by atoms with van der Waals surface area (Å²) in [7, 11) is 0. The molecule has 1 aliphatic carbocycles. The van der Waals surface area contributed by atoms with Gasteiger partial charge in [-0.15, -0.1) is 0 Å². The standard InChI is InChI=1S/C14H15NO3/c16-9-14(6-3-7-14)15-13(17)11-8-18-12-5-2-1-4-10(11)12/h1-2,4-5,8,16H,3,6-7,9H2,(H,15,17). The van der Waals surface area contributed by atoms with Gasteiger partial charge in [0.25, 0.3) is 5.91 Å². The number of rotatable bonds is 3. The molecule has 4 heteroatoms. The van der Waals surface area contributed by atoms with E-state index in [4.69, 9.17) is 4.42 Å². The zero-order chi connectivity index (χ0) is 12.6. The number of carbonyl (C=O) groups is 1. The van der Waals surface area contributed by atoms with Crippen LogP contribution >= 0.6 is 0 Å². The summed E-state index contributed by atoms with van der Waals surface area (Å²) in [5, 5.41) is 13.1. The molecule has 0 saturated heterocycles. The van der Waals surface area contributed by atoms with Crippen molar-refractivity contribution in [3.63, 3.8) is 0 Å². The highest BCUT2D eigenvalue weighted by Crippen LogP contribution is 2.32. The molecule has 1 fully saturated rings. The normalized spacial score (nSPS) is 17.4. The van der Waals surface area contributed by atoms with Crippen molar-refractivity contribution in [2.24, 2.45) is 0 Å². The SMILES string of the molecule is O=C(NC1(CO)CCC1)c1coc2ccccc12. The quantitative estimate of drug-likeness (QED) is 0.870. The molecule has 2 N–H and O–H groups in total. The Bertz CT molecular complexity index is 578. The van der Waals surface area contributed by atoms with Gasteiger partial charge in [-0.05, 0) is 25.3 Å². The fraction of sp³-hybridized carbons (Fsp3) is 0.357. The maximum Gasteiger partial charge on any atom is 0.255 e. The molecule has 1 heterocycles. The first-order valence-electron chi connectivity index (χ1n) is 6.14. The molecule has 1 aromatic carbocycles. The van der Waals surface area contributed by atoms with E-state index in [0.717, 1.165) is 24.6 Å². The van der Waals surface area contributed by atoms with E-state index in [1.54, 1.807) is 0 Å². The molecule has 4 nitrogen and oxygen atoms in total. The molecular formula is C14H15NO3. The molecule has 0 aliphatic heterocycles. The Morgan fingerprint density at radius 2 is 2.17 bits per heavy atom. The maximum atomic E-state index is 12.2. The van der Waals surface area contributed by atoms with E-state index in [1.807, 2.05) is 24.3 Å².